The minimum atomic E-state index is 0.761. The smallest absolute Gasteiger partial charge is 0.0712 e. The normalized spacial score (nSPS) is 11.0. The molecule has 1 aromatic heterocycles. The van der Waals surface area contributed by atoms with Crippen LogP contribution in [0, 0.1) is 0 Å². The van der Waals surface area contributed by atoms with E-state index in [2.05, 4.69) is 44.2 Å². The van der Waals surface area contributed by atoms with E-state index in [0.717, 1.165) is 35.2 Å². The van der Waals surface area contributed by atoms with Crippen molar-refractivity contribution in [3.05, 3.63) is 64.8 Å². The van der Waals surface area contributed by atoms with Crippen LogP contribution in [-0.4, -0.2) is 4.98 Å². The van der Waals surface area contributed by atoms with Gasteiger partial charge in [0.1, 0.15) is 0 Å². The number of benzene rings is 2. The summed E-state index contributed by atoms with van der Waals surface area (Å²) in [6.45, 7) is 4.41. The number of aromatic nitrogens is 1. The van der Waals surface area contributed by atoms with Crippen molar-refractivity contribution < 1.29 is 0 Å². The van der Waals surface area contributed by atoms with Crippen molar-refractivity contribution in [2.75, 3.05) is 0 Å². The number of nitrogens with zero attached hydrogens (tertiary/aromatic N) is 1. The van der Waals surface area contributed by atoms with Gasteiger partial charge in [-0.2, -0.15) is 0 Å². The molecule has 0 atom stereocenters. The van der Waals surface area contributed by atoms with Crippen LogP contribution in [0.3, 0.4) is 0 Å². The summed E-state index contributed by atoms with van der Waals surface area (Å²) in [5.74, 6) is 0. The van der Waals surface area contributed by atoms with E-state index in [9.17, 15) is 0 Å². The number of fused-ring (bicyclic) bond motifs is 1. The number of rotatable bonds is 4. The molecule has 0 N–H and O–H groups in total. The summed E-state index contributed by atoms with van der Waals surface area (Å²) in [5.41, 5.74) is 6.14. The van der Waals surface area contributed by atoms with Gasteiger partial charge >= 0.3 is 0 Å². The molecule has 0 aliphatic rings. The molecule has 0 radical (unpaired) electrons. The third kappa shape index (κ3) is 2.74. The maximum Gasteiger partial charge on any atom is 0.0712 e. The highest BCUT2D eigenvalue weighted by atomic mass is 35.5. The van der Waals surface area contributed by atoms with Gasteiger partial charge in [-0.15, -0.1) is 0 Å². The molecule has 0 amide bonds. The van der Waals surface area contributed by atoms with E-state index < -0.39 is 0 Å². The standard InChI is InChI=1S/C20H20ClN/c1-3-8-18-16(4-2)20(14-9-6-5-7-10-14)17-13-15(21)11-12-19(17)22-18/h5-7,9-13H,3-4,8H2,1-2H3. The van der Waals surface area contributed by atoms with E-state index in [4.69, 9.17) is 16.6 Å². The van der Waals surface area contributed by atoms with Crippen LogP contribution in [0.1, 0.15) is 31.5 Å². The van der Waals surface area contributed by atoms with Crippen molar-refractivity contribution in [1.82, 2.24) is 4.98 Å². The lowest BCUT2D eigenvalue weighted by Gasteiger charge is -2.16. The molecule has 0 bridgehead atoms. The van der Waals surface area contributed by atoms with Gasteiger partial charge < -0.3 is 0 Å². The van der Waals surface area contributed by atoms with Gasteiger partial charge in [-0.1, -0.05) is 62.2 Å². The fraction of sp³-hybridized carbons (Fsp3) is 0.250. The number of pyridine rings is 1. The van der Waals surface area contributed by atoms with Gasteiger partial charge in [0.2, 0.25) is 0 Å². The molecule has 0 aliphatic heterocycles. The molecule has 0 unspecified atom stereocenters. The Morgan fingerprint density at radius 1 is 1.00 bits per heavy atom. The van der Waals surface area contributed by atoms with E-state index in [0.29, 0.717) is 0 Å². The van der Waals surface area contributed by atoms with Crippen molar-refractivity contribution >= 4 is 22.5 Å². The third-order valence-electron chi connectivity index (χ3n) is 4.04. The summed E-state index contributed by atoms with van der Waals surface area (Å²) < 4.78 is 0. The monoisotopic (exact) mass is 309 g/mol. The first-order valence-electron chi connectivity index (χ1n) is 7.91. The van der Waals surface area contributed by atoms with Crippen molar-refractivity contribution in [2.24, 2.45) is 0 Å². The quantitative estimate of drug-likeness (QED) is 0.570. The molecule has 3 rings (SSSR count). The number of hydrogen-bond donors (Lipinski definition) is 0. The predicted octanol–water partition coefficient (Wildman–Crippen LogP) is 6.07. The van der Waals surface area contributed by atoms with Gasteiger partial charge in [0.05, 0.1) is 5.52 Å². The Morgan fingerprint density at radius 2 is 1.77 bits per heavy atom. The highest BCUT2D eigenvalue weighted by Gasteiger charge is 2.15. The lowest BCUT2D eigenvalue weighted by atomic mass is 9.91. The lowest BCUT2D eigenvalue weighted by molar-refractivity contribution is 0.866. The van der Waals surface area contributed by atoms with Crippen molar-refractivity contribution in [3.63, 3.8) is 0 Å². The third-order valence-corrected chi connectivity index (χ3v) is 4.27. The van der Waals surface area contributed by atoms with Gasteiger partial charge in [0, 0.05) is 16.1 Å². The maximum absolute atomic E-state index is 6.25. The number of halogens is 1. The van der Waals surface area contributed by atoms with Crippen LogP contribution in [0.4, 0.5) is 0 Å². The first-order chi connectivity index (χ1) is 10.7. The molecule has 112 valence electrons. The predicted molar refractivity (Wildman–Crippen MR) is 95.6 cm³/mol. The first-order valence-corrected chi connectivity index (χ1v) is 8.28. The molecule has 0 fully saturated rings. The number of aryl methyl sites for hydroxylation is 1. The van der Waals surface area contributed by atoms with E-state index in [1.807, 2.05) is 18.2 Å². The molecule has 2 heteroatoms. The molecule has 0 aliphatic carbocycles. The Balaban J connectivity index is 2.40. The summed E-state index contributed by atoms with van der Waals surface area (Å²) >= 11 is 6.25. The van der Waals surface area contributed by atoms with E-state index in [-0.39, 0.29) is 0 Å². The van der Waals surface area contributed by atoms with Gasteiger partial charge in [-0.25, -0.2) is 0 Å². The van der Waals surface area contributed by atoms with E-state index in [1.54, 1.807) is 0 Å². The Labute approximate surface area is 137 Å². The molecule has 0 spiro atoms. The molecular formula is C20H20ClN. The zero-order chi connectivity index (χ0) is 15.5. The van der Waals surface area contributed by atoms with Crippen LogP contribution in [0.25, 0.3) is 22.0 Å². The molecule has 1 nitrogen and oxygen atoms in total. The maximum atomic E-state index is 6.25. The van der Waals surface area contributed by atoms with Crippen LogP contribution in [0.5, 0.6) is 0 Å². The SMILES string of the molecule is CCCc1nc2ccc(Cl)cc2c(-c2ccccc2)c1CC. The average molecular weight is 310 g/mol. The Kier molecular flexibility index (Phi) is 4.44. The second kappa shape index (κ2) is 6.50. The van der Waals surface area contributed by atoms with Gasteiger partial charge in [0.15, 0.2) is 0 Å². The zero-order valence-corrected chi connectivity index (χ0v) is 13.8. The van der Waals surface area contributed by atoms with Crippen LogP contribution in [0.2, 0.25) is 5.02 Å². The first kappa shape index (κ1) is 15.1. The van der Waals surface area contributed by atoms with Crippen LogP contribution in [-0.2, 0) is 12.8 Å². The van der Waals surface area contributed by atoms with Gasteiger partial charge in [0.25, 0.3) is 0 Å². The molecule has 0 saturated heterocycles. The summed E-state index contributed by atoms with van der Waals surface area (Å²) in [7, 11) is 0. The zero-order valence-electron chi connectivity index (χ0n) is 13.1. The molecule has 22 heavy (non-hydrogen) atoms. The van der Waals surface area contributed by atoms with Gasteiger partial charge in [-0.3, -0.25) is 4.98 Å². The van der Waals surface area contributed by atoms with Crippen LogP contribution < -0.4 is 0 Å². The molecule has 3 aromatic rings. The van der Waals surface area contributed by atoms with E-state index in [1.165, 1.54) is 22.4 Å². The Hall–Kier alpha value is -1.86. The summed E-state index contributed by atoms with van der Waals surface area (Å²) in [6, 6.07) is 16.6. The lowest BCUT2D eigenvalue weighted by Crippen LogP contribution is -2.01. The second-order valence-electron chi connectivity index (χ2n) is 5.54. The molecule has 1 heterocycles. The highest BCUT2D eigenvalue weighted by molar-refractivity contribution is 6.31. The topological polar surface area (TPSA) is 12.9 Å². The summed E-state index contributed by atoms with van der Waals surface area (Å²) in [4.78, 5) is 4.90. The fourth-order valence-electron chi connectivity index (χ4n) is 3.08. The fourth-order valence-corrected chi connectivity index (χ4v) is 3.26. The summed E-state index contributed by atoms with van der Waals surface area (Å²) in [6.07, 6.45) is 3.10. The summed E-state index contributed by atoms with van der Waals surface area (Å²) in [5, 5.41) is 1.91. The van der Waals surface area contributed by atoms with Crippen LogP contribution >= 0.6 is 11.6 Å². The van der Waals surface area contributed by atoms with E-state index >= 15 is 0 Å². The Bertz CT molecular complexity index is 794. The van der Waals surface area contributed by atoms with Crippen LogP contribution in [0.15, 0.2) is 48.5 Å². The van der Waals surface area contributed by atoms with Crippen molar-refractivity contribution in [3.8, 4) is 11.1 Å². The minimum Gasteiger partial charge on any atom is -0.253 e. The average Bonchev–Trinajstić information content (AvgIpc) is 2.55. The Morgan fingerprint density at radius 3 is 2.45 bits per heavy atom. The second-order valence-corrected chi connectivity index (χ2v) is 5.98. The number of hydrogen-bond acceptors (Lipinski definition) is 1. The largest absolute Gasteiger partial charge is 0.253 e. The van der Waals surface area contributed by atoms with Gasteiger partial charge in [-0.05, 0) is 47.7 Å². The molecule has 0 saturated carbocycles. The highest BCUT2D eigenvalue weighted by Crippen LogP contribution is 2.35. The molecular weight excluding hydrogens is 290 g/mol. The molecule has 2 aromatic carbocycles. The van der Waals surface area contributed by atoms with Crippen molar-refractivity contribution in [2.45, 2.75) is 33.1 Å². The minimum absolute atomic E-state index is 0.761. The van der Waals surface area contributed by atoms with Crippen molar-refractivity contribution in [1.29, 1.82) is 0 Å².